The highest BCUT2D eigenvalue weighted by atomic mass is 16.7. The summed E-state index contributed by atoms with van der Waals surface area (Å²) in [6.07, 6.45) is 2.34. The molecule has 1 atom stereocenters. The third-order valence-corrected chi connectivity index (χ3v) is 5.80. The first-order valence-electron chi connectivity index (χ1n) is 9.77. The zero-order valence-electron chi connectivity index (χ0n) is 17.3. The van der Waals surface area contributed by atoms with Gasteiger partial charge in [0.05, 0.1) is 25.3 Å². The second-order valence-corrected chi connectivity index (χ2v) is 7.31. The Labute approximate surface area is 177 Å². The molecule has 0 bridgehead atoms. The largest absolute Gasteiger partial charge is 0.468 e. The van der Waals surface area contributed by atoms with Crippen LogP contribution < -0.4 is 19.9 Å². The molecule has 8 heteroatoms. The molecule has 31 heavy (non-hydrogen) atoms. The van der Waals surface area contributed by atoms with E-state index in [-0.39, 0.29) is 30.8 Å². The highest BCUT2D eigenvalue weighted by molar-refractivity contribution is 6.09. The molecule has 0 spiro atoms. The van der Waals surface area contributed by atoms with Crippen LogP contribution in [-0.4, -0.2) is 45.8 Å². The lowest BCUT2D eigenvalue weighted by Gasteiger charge is -2.21. The Morgan fingerprint density at radius 2 is 1.71 bits per heavy atom. The zero-order valence-corrected chi connectivity index (χ0v) is 17.3. The molecule has 1 fully saturated rings. The van der Waals surface area contributed by atoms with Gasteiger partial charge < -0.3 is 28.4 Å². The highest BCUT2D eigenvalue weighted by Crippen LogP contribution is 2.37. The highest BCUT2D eigenvalue weighted by Gasteiger charge is 2.34. The standard InChI is InChI=1S/C23H20O8/c1-11-13-5-7-15-21(31-10-29-15)19(13)18(12-4-6-14-16(8-12)30-9-28-14)20(23(25)27-3)17(11)22(24)26-2/h4-6,8,15H,7,9-10H2,1-3H3. The molecule has 3 aliphatic rings. The first-order chi connectivity index (χ1) is 15.0. The maximum Gasteiger partial charge on any atom is 0.339 e. The lowest BCUT2D eigenvalue weighted by atomic mass is 9.85. The molecule has 1 aliphatic carbocycles. The second kappa shape index (κ2) is 7.31. The van der Waals surface area contributed by atoms with Crippen molar-refractivity contribution in [3.05, 3.63) is 45.3 Å². The van der Waals surface area contributed by atoms with Crippen LogP contribution >= 0.6 is 0 Å². The lowest BCUT2D eigenvalue weighted by Crippen LogP contribution is -2.41. The SMILES string of the molecule is COC(=O)c1c(C(=O)OC)c(-c2ccc3c(c2)OCO3)c2c(c1C)=CCC1OCOC=21. The van der Waals surface area contributed by atoms with Crippen LogP contribution in [0.2, 0.25) is 0 Å². The fraction of sp³-hybridized carbons (Fsp3) is 0.304. The normalized spacial score (nSPS) is 17.9. The van der Waals surface area contributed by atoms with E-state index >= 15 is 0 Å². The van der Waals surface area contributed by atoms with Crippen molar-refractivity contribution in [2.45, 2.75) is 19.4 Å². The summed E-state index contributed by atoms with van der Waals surface area (Å²) in [6.45, 7) is 2.03. The van der Waals surface area contributed by atoms with Gasteiger partial charge in [0, 0.05) is 10.8 Å². The van der Waals surface area contributed by atoms with Gasteiger partial charge in [0.25, 0.3) is 0 Å². The number of fused-ring (bicyclic) bond motifs is 3. The predicted octanol–water partition coefficient (Wildman–Crippen LogP) is 1.63. The van der Waals surface area contributed by atoms with Gasteiger partial charge in [-0.15, -0.1) is 0 Å². The quantitative estimate of drug-likeness (QED) is 0.687. The summed E-state index contributed by atoms with van der Waals surface area (Å²) in [5.74, 6) is 0.518. The van der Waals surface area contributed by atoms with Gasteiger partial charge in [-0.25, -0.2) is 9.59 Å². The molecule has 2 heterocycles. The summed E-state index contributed by atoms with van der Waals surface area (Å²) in [6, 6.07) is 5.36. The smallest absolute Gasteiger partial charge is 0.339 e. The van der Waals surface area contributed by atoms with Crippen LogP contribution in [0.15, 0.2) is 18.2 Å². The van der Waals surface area contributed by atoms with E-state index in [1.54, 1.807) is 19.1 Å². The number of benzene rings is 2. The first-order valence-corrected chi connectivity index (χ1v) is 9.77. The lowest BCUT2D eigenvalue weighted by molar-refractivity contribution is 0.0533. The Balaban J connectivity index is 1.97. The second-order valence-electron chi connectivity index (χ2n) is 7.31. The van der Waals surface area contributed by atoms with Crippen molar-refractivity contribution in [1.82, 2.24) is 0 Å². The maximum atomic E-state index is 13.0. The summed E-state index contributed by atoms with van der Waals surface area (Å²) in [5.41, 5.74) is 2.06. The number of carbonyl (C=O) groups excluding carboxylic acids is 2. The molecular formula is C23H20O8. The number of rotatable bonds is 3. The fourth-order valence-corrected chi connectivity index (χ4v) is 4.39. The van der Waals surface area contributed by atoms with E-state index in [2.05, 4.69) is 0 Å². The van der Waals surface area contributed by atoms with Crippen LogP contribution in [-0.2, 0) is 18.9 Å². The van der Waals surface area contributed by atoms with Crippen molar-refractivity contribution < 1.29 is 38.0 Å². The van der Waals surface area contributed by atoms with Crippen molar-refractivity contribution in [1.29, 1.82) is 0 Å². The van der Waals surface area contributed by atoms with Crippen LogP contribution in [0.5, 0.6) is 11.5 Å². The van der Waals surface area contributed by atoms with Gasteiger partial charge in [-0.3, -0.25) is 0 Å². The number of carbonyl (C=O) groups is 2. The van der Waals surface area contributed by atoms with Gasteiger partial charge in [0.2, 0.25) is 6.79 Å². The van der Waals surface area contributed by atoms with Crippen LogP contribution in [0.25, 0.3) is 23.0 Å². The van der Waals surface area contributed by atoms with Crippen molar-refractivity contribution in [3.8, 4) is 22.6 Å². The van der Waals surface area contributed by atoms with Crippen LogP contribution in [0.3, 0.4) is 0 Å². The molecule has 1 saturated heterocycles. The minimum absolute atomic E-state index is 0.113. The number of ether oxygens (including phenoxy) is 6. The van der Waals surface area contributed by atoms with Crippen molar-refractivity contribution >= 4 is 23.8 Å². The van der Waals surface area contributed by atoms with E-state index in [0.29, 0.717) is 45.6 Å². The molecule has 5 rings (SSSR count). The Kier molecular flexibility index (Phi) is 4.59. The van der Waals surface area contributed by atoms with Crippen LogP contribution in [0.4, 0.5) is 0 Å². The molecule has 0 radical (unpaired) electrons. The monoisotopic (exact) mass is 424 g/mol. The number of hydrogen-bond acceptors (Lipinski definition) is 8. The van der Waals surface area contributed by atoms with Crippen LogP contribution in [0.1, 0.15) is 32.7 Å². The molecule has 160 valence electrons. The minimum Gasteiger partial charge on any atom is -0.468 e. The first kappa shape index (κ1) is 19.4. The summed E-state index contributed by atoms with van der Waals surface area (Å²) in [5, 5.41) is 1.51. The zero-order chi connectivity index (χ0) is 21.7. The molecule has 2 aromatic carbocycles. The Hall–Kier alpha value is -3.52. The summed E-state index contributed by atoms with van der Waals surface area (Å²) in [4.78, 5) is 25.8. The Bertz CT molecular complexity index is 1240. The van der Waals surface area contributed by atoms with Gasteiger partial charge in [-0.05, 0) is 41.8 Å². The van der Waals surface area contributed by atoms with Gasteiger partial charge >= 0.3 is 11.9 Å². The predicted molar refractivity (Wildman–Crippen MR) is 108 cm³/mol. The molecule has 0 aromatic heterocycles. The van der Waals surface area contributed by atoms with Crippen molar-refractivity contribution in [3.63, 3.8) is 0 Å². The van der Waals surface area contributed by atoms with E-state index in [1.165, 1.54) is 14.2 Å². The van der Waals surface area contributed by atoms with Gasteiger partial charge in [-0.2, -0.15) is 0 Å². The van der Waals surface area contributed by atoms with E-state index < -0.39 is 11.9 Å². The summed E-state index contributed by atoms with van der Waals surface area (Å²) in [7, 11) is 2.56. The van der Waals surface area contributed by atoms with Gasteiger partial charge in [-0.1, -0.05) is 12.1 Å². The third-order valence-electron chi connectivity index (χ3n) is 5.80. The maximum absolute atomic E-state index is 13.0. The minimum atomic E-state index is -0.652. The molecule has 0 saturated carbocycles. The van der Waals surface area contributed by atoms with E-state index in [4.69, 9.17) is 28.4 Å². The molecular weight excluding hydrogens is 404 g/mol. The third kappa shape index (κ3) is 2.86. The van der Waals surface area contributed by atoms with E-state index in [9.17, 15) is 9.59 Å². The average Bonchev–Trinajstić information content (AvgIpc) is 3.46. The molecule has 2 aliphatic heterocycles. The molecule has 0 N–H and O–H groups in total. The Morgan fingerprint density at radius 3 is 2.48 bits per heavy atom. The summed E-state index contributed by atoms with van der Waals surface area (Å²) >= 11 is 0. The van der Waals surface area contributed by atoms with Crippen molar-refractivity contribution in [2.24, 2.45) is 0 Å². The fourth-order valence-electron chi connectivity index (χ4n) is 4.39. The molecule has 0 amide bonds. The Morgan fingerprint density at radius 1 is 0.968 bits per heavy atom. The van der Waals surface area contributed by atoms with E-state index in [0.717, 1.165) is 5.22 Å². The molecule has 8 nitrogen and oxygen atoms in total. The molecule has 1 unspecified atom stereocenters. The summed E-state index contributed by atoms with van der Waals surface area (Å²) < 4.78 is 32.6. The van der Waals surface area contributed by atoms with Crippen molar-refractivity contribution in [2.75, 3.05) is 27.8 Å². The number of esters is 2. The average molecular weight is 424 g/mol. The van der Waals surface area contributed by atoms with E-state index in [1.807, 2.05) is 12.1 Å². The topological polar surface area (TPSA) is 89.5 Å². The van der Waals surface area contributed by atoms with Crippen LogP contribution in [0, 0.1) is 6.92 Å². The number of hydrogen-bond donors (Lipinski definition) is 0. The van der Waals surface area contributed by atoms with Gasteiger partial charge in [0.1, 0.15) is 11.9 Å². The molecule has 2 aromatic rings. The van der Waals surface area contributed by atoms with Gasteiger partial charge in [0.15, 0.2) is 18.3 Å². The number of methoxy groups -OCH3 is 2.